The Morgan fingerprint density at radius 2 is 2.67 bits per heavy atom. The van der Waals surface area contributed by atoms with Crippen molar-refractivity contribution in [3.05, 3.63) is 11.7 Å². The van der Waals surface area contributed by atoms with Crippen molar-refractivity contribution < 1.29 is 4.98 Å². The second-order valence-electron chi connectivity index (χ2n) is 0.949. The Hall–Kier alpha value is -0.570. The van der Waals surface area contributed by atoms with E-state index < -0.39 is 0 Å². The quantitative estimate of drug-likeness (QED) is 0.496. The van der Waals surface area contributed by atoms with Gasteiger partial charge in [-0.1, -0.05) is 11.3 Å². The Labute approximate surface area is 39.6 Å². The normalized spacial score (nSPS) is 8.67. The van der Waals surface area contributed by atoms with Gasteiger partial charge in [0.25, 0.3) is 0 Å². The first-order chi connectivity index (χ1) is 2.89. The summed E-state index contributed by atoms with van der Waals surface area (Å²) < 4.78 is 0. The van der Waals surface area contributed by atoms with Crippen LogP contribution in [0.25, 0.3) is 0 Å². The highest BCUT2D eigenvalue weighted by atomic mass is 32.1. The minimum Gasteiger partial charge on any atom is -0.386 e. The number of aromatic nitrogens is 1. The van der Waals surface area contributed by atoms with Crippen LogP contribution in [0.3, 0.4) is 0 Å². The first-order valence-electron chi connectivity index (χ1n) is 1.59. The second-order valence-corrected chi connectivity index (χ2v) is 1.89. The predicted molar refractivity (Wildman–Crippen MR) is 25.3 cm³/mol. The van der Waals surface area contributed by atoms with E-state index in [1.165, 1.54) is 11.3 Å². The molecule has 0 aliphatic rings. The molecule has 3 N–H and O–H groups in total. The molecule has 0 bridgehead atoms. The van der Waals surface area contributed by atoms with E-state index in [4.69, 9.17) is 5.73 Å². The monoisotopic (exact) mass is 101 g/mol. The van der Waals surface area contributed by atoms with Crippen LogP contribution in [0.15, 0.2) is 11.7 Å². The zero-order valence-electron chi connectivity index (χ0n) is 3.14. The summed E-state index contributed by atoms with van der Waals surface area (Å²) in [6.45, 7) is 0. The molecule has 0 saturated heterocycles. The maximum absolute atomic E-state index is 5.27. The van der Waals surface area contributed by atoms with Gasteiger partial charge in [-0.2, -0.15) is 0 Å². The van der Waals surface area contributed by atoms with Gasteiger partial charge in [-0.25, -0.2) is 4.98 Å². The maximum Gasteiger partial charge on any atom is 0.225 e. The number of hydrogen-bond acceptors (Lipinski definition) is 2. The maximum atomic E-state index is 5.27. The van der Waals surface area contributed by atoms with Crippen LogP contribution < -0.4 is 10.7 Å². The number of anilines is 1. The lowest BCUT2D eigenvalue weighted by Crippen LogP contribution is -1.89. The van der Waals surface area contributed by atoms with Crippen LogP contribution in [0.4, 0.5) is 5.00 Å². The molecule has 0 unspecified atom stereocenters. The van der Waals surface area contributed by atoms with Gasteiger partial charge in [0, 0.05) is 0 Å². The smallest absolute Gasteiger partial charge is 0.225 e. The van der Waals surface area contributed by atoms with E-state index in [2.05, 4.69) is 4.98 Å². The molecule has 0 saturated carbocycles. The molecule has 0 fully saturated rings. The molecule has 3 heteroatoms. The summed E-state index contributed by atoms with van der Waals surface area (Å²) in [5, 5.41) is 0.829. The largest absolute Gasteiger partial charge is 0.386 e. The molecule has 2 nitrogen and oxygen atoms in total. The molecule has 0 aliphatic heterocycles. The van der Waals surface area contributed by atoms with Gasteiger partial charge in [-0.15, -0.1) is 0 Å². The van der Waals surface area contributed by atoms with Crippen LogP contribution in [0.1, 0.15) is 0 Å². The summed E-state index contributed by atoms with van der Waals surface area (Å²) in [6.07, 6.45) is 1.75. The van der Waals surface area contributed by atoms with Gasteiger partial charge in [0.2, 0.25) is 11.7 Å². The van der Waals surface area contributed by atoms with Crippen molar-refractivity contribution in [2.75, 3.05) is 5.73 Å². The van der Waals surface area contributed by atoms with Crippen LogP contribution in [-0.2, 0) is 0 Å². The number of rotatable bonds is 0. The molecule has 0 aromatic carbocycles. The fourth-order valence-corrected chi connectivity index (χ4v) is 0.660. The molecule has 1 rings (SSSR count). The van der Waals surface area contributed by atoms with Crippen molar-refractivity contribution >= 4 is 16.3 Å². The zero-order chi connectivity index (χ0) is 4.41. The SMILES string of the molecule is Nc1c[nH+]cs1. The highest BCUT2D eigenvalue weighted by molar-refractivity contribution is 7.13. The minimum absolute atomic E-state index is 0.829. The molecule has 1 aromatic heterocycles. The molecule has 0 spiro atoms. The number of nitrogens with two attached hydrogens (primary N) is 1. The van der Waals surface area contributed by atoms with E-state index in [0.29, 0.717) is 0 Å². The molecule has 0 atom stereocenters. The molecule has 0 aliphatic carbocycles. The third kappa shape index (κ3) is 0.490. The van der Waals surface area contributed by atoms with Crippen LogP contribution >= 0.6 is 11.3 Å². The highest BCUT2D eigenvalue weighted by Crippen LogP contribution is 2.00. The number of aromatic amines is 1. The molecule has 0 amide bonds. The van der Waals surface area contributed by atoms with Gasteiger partial charge in [0.15, 0.2) is 5.00 Å². The molecule has 1 aromatic rings. The van der Waals surface area contributed by atoms with E-state index in [1.54, 1.807) is 6.20 Å². The van der Waals surface area contributed by atoms with Crippen molar-refractivity contribution in [1.82, 2.24) is 0 Å². The van der Waals surface area contributed by atoms with Gasteiger partial charge < -0.3 is 5.73 Å². The number of nitrogens with one attached hydrogen (secondary N) is 1. The Morgan fingerprint density at radius 3 is 2.83 bits per heavy atom. The lowest BCUT2D eigenvalue weighted by atomic mass is 10.9. The lowest BCUT2D eigenvalue weighted by molar-refractivity contribution is -0.369. The predicted octanol–water partition coefficient (Wildman–Crippen LogP) is 0.144. The highest BCUT2D eigenvalue weighted by Gasteiger charge is 1.84. The van der Waals surface area contributed by atoms with E-state index in [9.17, 15) is 0 Å². The Morgan fingerprint density at radius 1 is 1.83 bits per heavy atom. The van der Waals surface area contributed by atoms with E-state index >= 15 is 0 Å². The van der Waals surface area contributed by atoms with Crippen molar-refractivity contribution in [1.29, 1.82) is 0 Å². The Bertz CT molecular complexity index is 112. The zero-order valence-corrected chi connectivity index (χ0v) is 3.96. The molecule has 0 radical (unpaired) electrons. The number of thiazole rings is 1. The van der Waals surface area contributed by atoms with E-state index in [-0.39, 0.29) is 0 Å². The summed E-state index contributed by atoms with van der Waals surface area (Å²) in [5.41, 5.74) is 7.09. The molecular weight excluding hydrogens is 96.1 g/mol. The van der Waals surface area contributed by atoms with Crippen LogP contribution in [0.5, 0.6) is 0 Å². The van der Waals surface area contributed by atoms with Gasteiger partial charge >= 0.3 is 0 Å². The summed E-state index contributed by atoms with van der Waals surface area (Å²) in [5.74, 6) is 0. The summed E-state index contributed by atoms with van der Waals surface area (Å²) in [6, 6.07) is 0. The topological polar surface area (TPSA) is 40.2 Å². The number of H-pyrrole nitrogens is 1. The average Bonchev–Trinajstić information content (AvgIpc) is 1.86. The Balaban J connectivity index is 3.05. The van der Waals surface area contributed by atoms with E-state index in [1.807, 2.05) is 5.51 Å². The van der Waals surface area contributed by atoms with Gasteiger partial charge in [-0.3, -0.25) is 0 Å². The third-order valence-corrected chi connectivity index (χ3v) is 1.13. The average molecular weight is 101 g/mol. The second kappa shape index (κ2) is 1.26. The standard InChI is InChI=1S/C3H4N2S/c4-3-1-5-2-6-3/h1-2H,4H2/p+1. The van der Waals surface area contributed by atoms with Crippen LogP contribution in [0.2, 0.25) is 0 Å². The summed E-state index contributed by atoms with van der Waals surface area (Å²) in [4.78, 5) is 2.82. The number of nitrogen functional groups attached to an aromatic ring is 1. The fourth-order valence-electron chi connectivity index (χ4n) is 0.252. The first-order valence-corrected chi connectivity index (χ1v) is 2.47. The Kier molecular flexibility index (Phi) is 0.759. The van der Waals surface area contributed by atoms with E-state index in [0.717, 1.165) is 5.00 Å². The van der Waals surface area contributed by atoms with Gasteiger partial charge in [-0.05, 0) is 0 Å². The van der Waals surface area contributed by atoms with Crippen molar-refractivity contribution in [2.45, 2.75) is 0 Å². The summed E-state index contributed by atoms with van der Waals surface area (Å²) >= 11 is 1.50. The molecule has 1 heterocycles. The van der Waals surface area contributed by atoms with Gasteiger partial charge in [0.1, 0.15) is 0 Å². The van der Waals surface area contributed by atoms with Crippen molar-refractivity contribution in [3.8, 4) is 0 Å². The van der Waals surface area contributed by atoms with Crippen LogP contribution in [-0.4, -0.2) is 0 Å². The fraction of sp³-hybridized carbons (Fsp3) is 0. The van der Waals surface area contributed by atoms with Crippen LogP contribution in [0, 0.1) is 0 Å². The van der Waals surface area contributed by atoms with Gasteiger partial charge in [0.05, 0.1) is 0 Å². The van der Waals surface area contributed by atoms with Crippen molar-refractivity contribution in [3.63, 3.8) is 0 Å². The lowest BCUT2D eigenvalue weighted by Gasteiger charge is -1.61. The minimum atomic E-state index is 0.829. The number of hydrogen-bond donors (Lipinski definition) is 1. The first kappa shape index (κ1) is 3.61. The molecule has 6 heavy (non-hydrogen) atoms. The third-order valence-electron chi connectivity index (χ3n) is 0.489. The molecular formula is C3H5N2S+. The van der Waals surface area contributed by atoms with Crippen molar-refractivity contribution in [2.24, 2.45) is 0 Å². The molecule has 32 valence electrons. The summed E-state index contributed by atoms with van der Waals surface area (Å²) in [7, 11) is 0.